The number of carboxylic acids is 2. The van der Waals surface area contributed by atoms with Gasteiger partial charge in [-0.15, -0.1) is 0 Å². The van der Waals surface area contributed by atoms with Crippen LogP contribution in [0.1, 0.15) is 121 Å². The van der Waals surface area contributed by atoms with Gasteiger partial charge in [-0.3, -0.25) is 48.5 Å². The van der Waals surface area contributed by atoms with Gasteiger partial charge in [0.05, 0.1) is 79.9 Å². The molecule has 0 fully saturated rings. The first kappa shape index (κ1) is 66.8. The summed E-state index contributed by atoms with van der Waals surface area (Å²) < 4.78 is 15.6. The number of rotatable bonds is 29. The molecular weight excluding hydrogens is 1120 g/mol. The quantitative estimate of drug-likeness (QED) is 0.0167. The number of methoxy groups -OCH3 is 3. The summed E-state index contributed by atoms with van der Waals surface area (Å²) in [6, 6.07) is -1.40. The van der Waals surface area contributed by atoms with Crippen molar-refractivity contribution in [3.8, 4) is 0 Å². The highest BCUT2D eigenvalue weighted by Gasteiger charge is 2.55. The molecule has 1 unspecified atom stereocenters. The molecule has 24 heteroatoms. The van der Waals surface area contributed by atoms with Gasteiger partial charge in [-0.2, -0.15) is 0 Å². The molecule has 0 saturated carbocycles. The van der Waals surface area contributed by atoms with E-state index >= 15 is 0 Å². The average molecular weight is 1200 g/mol. The first-order chi connectivity index (χ1) is 41.3. The Kier molecular flexibility index (Phi) is 22.8. The number of ether oxygens (including phenoxy) is 3. The Hall–Kier alpha value is -9.35. The van der Waals surface area contributed by atoms with E-state index < -0.39 is 96.0 Å². The molecule has 4 heterocycles. The standard InChI is InChI=1S/C63H78N10O14/c1-10-42-33(3)49-30-52-46-19-17-45(60(83)86-8)56(61(84)87-9)63(46,6)53(72-52)27-37-23-38(43(32(37)2)18-20-55(78)85-7)26-50-44(34(4)48(70-50)29-51(42)71-49)16-15-40(74)24-36(13-11-22-68-62(65)66)57(79)69-31-41(75)25-39(28-54(76)77)58(80)73-47(59(81)82)14-12-21-67-35(5)64/h10,17,19,26-27,29-30,36,39,47,56,70H,1,11-16,18,20-25,28,31H2,2-9H3,(H2,64,67)(H,69,79)(H,73,80)(H,76,77)(H,81,82)(H4,65,66,68)/t36-,39+,47?,56+,63-/m1/s1. The molecule has 6 rings (SSSR count). The Morgan fingerprint density at radius 3 is 2.14 bits per heavy atom. The monoisotopic (exact) mass is 1200 g/mol. The zero-order valence-electron chi connectivity index (χ0n) is 50.5. The van der Waals surface area contributed by atoms with Crippen molar-refractivity contribution in [2.45, 2.75) is 118 Å². The van der Waals surface area contributed by atoms with Crippen LogP contribution < -0.4 is 27.8 Å². The lowest BCUT2D eigenvalue weighted by Crippen LogP contribution is -2.45. The van der Waals surface area contributed by atoms with Gasteiger partial charge < -0.3 is 57.2 Å². The van der Waals surface area contributed by atoms with Crippen molar-refractivity contribution in [3.63, 3.8) is 0 Å². The molecule has 0 radical (unpaired) electrons. The molecule has 3 aliphatic heterocycles. The third-order valence-electron chi connectivity index (χ3n) is 16.3. The molecular formula is C63H78N10O14. The first-order valence-electron chi connectivity index (χ1n) is 28.6. The highest BCUT2D eigenvalue weighted by molar-refractivity contribution is 6.17. The summed E-state index contributed by atoms with van der Waals surface area (Å²) in [5.74, 6) is -10.7. The molecule has 5 aliphatic rings. The molecule has 0 spiro atoms. The number of carboxylic acid groups (broad SMARTS) is 2. The number of amides is 2. The molecule has 5 atom stereocenters. The van der Waals surface area contributed by atoms with Crippen molar-refractivity contribution in [1.29, 1.82) is 0 Å². The molecule has 464 valence electrons. The van der Waals surface area contributed by atoms with E-state index in [-0.39, 0.29) is 81.8 Å². The number of H-pyrrole nitrogens is 1. The van der Waals surface area contributed by atoms with Gasteiger partial charge in [0.1, 0.15) is 17.7 Å². The van der Waals surface area contributed by atoms with Crippen molar-refractivity contribution >= 4 is 88.6 Å². The number of esters is 3. The molecule has 2 aliphatic carbocycles. The minimum Gasteiger partial charge on any atom is -0.481 e. The number of allylic oxidation sites excluding steroid dienone is 11. The Morgan fingerprint density at radius 1 is 0.793 bits per heavy atom. The number of fused-ring (bicyclic) bond motifs is 9. The highest BCUT2D eigenvalue weighted by atomic mass is 16.5. The molecule has 0 aromatic carbocycles. The predicted molar refractivity (Wildman–Crippen MR) is 326 cm³/mol. The van der Waals surface area contributed by atoms with E-state index in [1.807, 2.05) is 52.0 Å². The number of nitrogens with one attached hydrogen (secondary N) is 3. The first-order valence-corrected chi connectivity index (χ1v) is 28.6. The van der Waals surface area contributed by atoms with Crippen LogP contribution in [0.5, 0.6) is 0 Å². The van der Waals surface area contributed by atoms with Gasteiger partial charge >= 0.3 is 29.8 Å². The summed E-state index contributed by atoms with van der Waals surface area (Å²) in [5, 5.41) is 24.3. The van der Waals surface area contributed by atoms with Gasteiger partial charge in [0, 0.05) is 61.7 Å². The van der Waals surface area contributed by atoms with Gasteiger partial charge in [0.25, 0.3) is 0 Å². The van der Waals surface area contributed by atoms with Crippen molar-refractivity contribution < 1.29 is 67.6 Å². The lowest BCUT2D eigenvalue weighted by Gasteiger charge is -2.37. The number of guanidine groups is 1. The number of aliphatic imine (C=N–C) groups is 4. The number of aromatic amines is 1. The lowest BCUT2D eigenvalue weighted by molar-refractivity contribution is -0.149. The summed E-state index contributed by atoms with van der Waals surface area (Å²) >= 11 is 0. The number of nitrogens with two attached hydrogens (primary N) is 3. The maximum Gasteiger partial charge on any atom is 0.334 e. The maximum atomic E-state index is 14.3. The molecule has 87 heavy (non-hydrogen) atoms. The van der Waals surface area contributed by atoms with E-state index in [9.17, 15) is 53.4 Å². The van der Waals surface area contributed by atoms with Crippen molar-refractivity contribution in [1.82, 2.24) is 15.6 Å². The number of nitrogens with zero attached hydrogens (tertiary/aromatic N) is 4. The van der Waals surface area contributed by atoms with E-state index in [0.29, 0.717) is 58.5 Å². The summed E-state index contributed by atoms with van der Waals surface area (Å²) in [7, 11) is 3.82. The zero-order chi connectivity index (χ0) is 64.0. The van der Waals surface area contributed by atoms with E-state index in [0.717, 1.165) is 44.6 Å². The predicted octanol–water partition coefficient (Wildman–Crippen LogP) is 5.25. The average Bonchev–Trinajstić information content (AvgIpc) is 1.68. The Balaban J connectivity index is 1.33. The van der Waals surface area contributed by atoms with Crippen LogP contribution in [0.25, 0.3) is 12.2 Å². The number of aromatic nitrogens is 1. The number of ketones is 2. The summed E-state index contributed by atoms with van der Waals surface area (Å²) in [4.78, 5) is 141. The molecule has 0 saturated heterocycles. The van der Waals surface area contributed by atoms with Gasteiger partial charge in [0.15, 0.2) is 11.7 Å². The van der Waals surface area contributed by atoms with Crippen LogP contribution in [0.4, 0.5) is 0 Å². The lowest BCUT2D eigenvalue weighted by atomic mass is 9.63. The molecule has 2 amide bonds. The number of carbonyl (C=O) groups is 9. The number of aliphatic carboxylic acids is 2. The normalized spacial score (nSPS) is 18.8. The molecule has 1 aromatic rings. The molecule has 11 N–H and O–H groups in total. The number of hydrogen-bond donors (Lipinski definition) is 8. The van der Waals surface area contributed by atoms with E-state index in [4.69, 9.17) is 41.4 Å². The van der Waals surface area contributed by atoms with Crippen LogP contribution >= 0.6 is 0 Å². The van der Waals surface area contributed by atoms with Gasteiger partial charge in [0.2, 0.25) is 11.8 Å². The number of Topliss-reactive ketones (excluding diaryl/α,β-unsaturated/α-hetero) is 2. The van der Waals surface area contributed by atoms with Gasteiger partial charge in [-0.05, 0) is 148 Å². The highest BCUT2D eigenvalue weighted by Crippen LogP contribution is 2.54. The zero-order valence-corrected chi connectivity index (χ0v) is 50.5. The van der Waals surface area contributed by atoms with Gasteiger partial charge in [-0.25, -0.2) is 14.6 Å². The van der Waals surface area contributed by atoms with Crippen LogP contribution in [0.15, 0.2) is 113 Å². The fourth-order valence-electron chi connectivity index (χ4n) is 11.5. The number of amidine groups is 1. The number of hydrogen-bond acceptors (Lipinski definition) is 16. The minimum absolute atomic E-state index is 0.0374. The Labute approximate surface area is 504 Å². The van der Waals surface area contributed by atoms with Crippen LogP contribution in [0.2, 0.25) is 0 Å². The largest absolute Gasteiger partial charge is 0.481 e. The Morgan fingerprint density at radius 2 is 1.49 bits per heavy atom. The second kappa shape index (κ2) is 29.6. The molecule has 24 nitrogen and oxygen atoms in total. The fraction of sp³-hybridized carbons (Fsp3) is 0.444. The van der Waals surface area contributed by atoms with Crippen LogP contribution in [-0.4, -0.2) is 139 Å². The second-order valence-electron chi connectivity index (χ2n) is 22.1. The van der Waals surface area contributed by atoms with Crippen LogP contribution in [0.3, 0.4) is 0 Å². The minimum atomic E-state index is -1.47. The number of carbonyl (C=O) groups excluding carboxylic acids is 7. The van der Waals surface area contributed by atoms with Gasteiger partial charge in [-0.1, -0.05) is 24.8 Å². The smallest absolute Gasteiger partial charge is 0.334 e. The maximum absolute atomic E-state index is 14.3. The third kappa shape index (κ3) is 16.1. The van der Waals surface area contributed by atoms with E-state index in [2.05, 4.69) is 32.2 Å². The molecule has 8 bridgehead atoms. The van der Waals surface area contributed by atoms with Crippen LogP contribution in [-0.2, 0) is 63.8 Å². The second-order valence-corrected chi connectivity index (χ2v) is 22.1. The van der Waals surface area contributed by atoms with Crippen molar-refractivity contribution in [2.75, 3.05) is 41.0 Å². The summed E-state index contributed by atoms with van der Waals surface area (Å²) in [6.45, 7) is 13.0. The molecule has 1 aromatic heterocycles. The fourth-order valence-corrected chi connectivity index (χ4v) is 11.5. The SMILES string of the molecule is C=CC1=C(C)C2=NC1=Cc1[nH]c(c(CCC(=O)C[C@@H](CCCN=C(N)N)C(=O)NCC(=O)C[C@@H](CC(=O)O)C(=O)NC(CCCN=C(C)N)C(=O)O)c1C)C=C1CC(=CC3=NC(=C2)C2=CC=C(C(=O)OC)[C@@H](C(=O)OC)[C@]23C)C(C)=C1CCC(=O)OC. The van der Waals surface area contributed by atoms with Crippen molar-refractivity contribution in [2.24, 2.45) is 60.3 Å². The summed E-state index contributed by atoms with van der Waals surface area (Å²) in [6.07, 6.45) is 12.5. The van der Waals surface area contributed by atoms with Crippen LogP contribution in [0, 0.1) is 30.1 Å². The van der Waals surface area contributed by atoms with Crippen molar-refractivity contribution in [3.05, 3.63) is 115 Å². The topological polar surface area (TPSA) is 389 Å². The summed E-state index contributed by atoms with van der Waals surface area (Å²) in [5.41, 5.74) is 26.2. The van der Waals surface area contributed by atoms with E-state index in [1.54, 1.807) is 25.2 Å². The third-order valence-corrected chi connectivity index (χ3v) is 16.3. The Bertz CT molecular complexity index is 3420. The van der Waals surface area contributed by atoms with E-state index in [1.165, 1.54) is 21.3 Å².